The van der Waals surface area contributed by atoms with Gasteiger partial charge in [0.15, 0.2) is 0 Å². The molecule has 0 aliphatic rings. The maximum absolute atomic E-state index is 13.0. The first-order chi connectivity index (χ1) is 8.54. The molecule has 3 nitrogen and oxygen atoms in total. The Kier molecular flexibility index (Phi) is 5.96. The lowest BCUT2D eigenvalue weighted by atomic mass is 10.1. The van der Waals surface area contributed by atoms with Crippen LogP contribution in [-0.4, -0.2) is 17.4 Å². The van der Waals surface area contributed by atoms with Crippen molar-refractivity contribution in [2.45, 2.75) is 13.0 Å². The van der Waals surface area contributed by atoms with Crippen LogP contribution in [0.3, 0.4) is 0 Å². The van der Waals surface area contributed by atoms with Crippen LogP contribution in [-0.2, 0) is 4.79 Å². The molecule has 1 aromatic rings. The SMILES string of the molecule is C[C@@H](NC(=O)CSCC#N)c1ccc(F)c(Cl)c1. The fourth-order valence-corrected chi connectivity index (χ4v) is 1.99. The van der Waals surface area contributed by atoms with E-state index in [1.165, 1.54) is 23.9 Å². The van der Waals surface area contributed by atoms with Gasteiger partial charge < -0.3 is 5.32 Å². The quantitative estimate of drug-likeness (QED) is 0.847. The average Bonchev–Trinajstić information content (AvgIpc) is 2.33. The van der Waals surface area contributed by atoms with Gasteiger partial charge in [0.2, 0.25) is 5.91 Å². The lowest BCUT2D eigenvalue weighted by molar-refractivity contribution is -0.119. The molecule has 0 fully saturated rings. The van der Waals surface area contributed by atoms with Crippen LogP contribution in [0.4, 0.5) is 4.39 Å². The predicted molar refractivity (Wildman–Crippen MR) is 70.9 cm³/mol. The van der Waals surface area contributed by atoms with E-state index in [2.05, 4.69) is 5.32 Å². The minimum absolute atomic E-state index is 0.0347. The number of rotatable bonds is 5. The Morgan fingerprint density at radius 1 is 1.67 bits per heavy atom. The summed E-state index contributed by atoms with van der Waals surface area (Å²) in [5, 5.41) is 11.1. The van der Waals surface area contributed by atoms with Gasteiger partial charge in [0.1, 0.15) is 5.82 Å². The van der Waals surface area contributed by atoms with E-state index < -0.39 is 5.82 Å². The number of hydrogen-bond acceptors (Lipinski definition) is 3. The number of nitrogens with zero attached hydrogens (tertiary/aromatic N) is 1. The van der Waals surface area contributed by atoms with Gasteiger partial charge in [-0.15, -0.1) is 11.8 Å². The second-order valence-electron chi connectivity index (χ2n) is 3.61. The van der Waals surface area contributed by atoms with Crippen molar-refractivity contribution in [1.29, 1.82) is 5.26 Å². The molecule has 0 aliphatic heterocycles. The molecular formula is C12H12ClFN2OS. The average molecular weight is 287 g/mol. The van der Waals surface area contributed by atoms with Crippen molar-refractivity contribution in [3.05, 3.63) is 34.6 Å². The Hall–Kier alpha value is -1.25. The zero-order valence-electron chi connectivity index (χ0n) is 9.74. The predicted octanol–water partition coefficient (Wildman–Crippen LogP) is 2.91. The first-order valence-electron chi connectivity index (χ1n) is 5.23. The van der Waals surface area contributed by atoms with Crippen molar-refractivity contribution >= 4 is 29.3 Å². The number of hydrogen-bond donors (Lipinski definition) is 1. The summed E-state index contributed by atoms with van der Waals surface area (Å²) in [5.74, 6) is -0.136. The van der Waals surface area contributed by atoms with E-state index in [4.69, 9.17) is 16.9 Å². The first-order valence-corrected chi connectivity index (χ1v) is 6.77. The van der Waals surface area contributed by atoms with Gasteiger partial charge in [-0.3, -0.25) is 4.79 Å². The van der Waals surface area contributed by atoms with Crippen LogP contribution in [0.5, 0.6) is 0 Å². The van der Waals surface area contributed by atoms with Crippen LogP contribution in [0.25, 0.3) is 0 Å². The molecule has 6 heteroatoms. The van der Waals surface area contributed by atoms with Crippen LogP contribution in [0, 0.1) is 17.1 Å². The van der Waals surface area contributed by atoms with E-state index in [9.17, 15) is 9.18 Å². The van der Waals surface area contributed by atoms with Crippen LogP contribution >= 0.6 is 23.4 Å². The van der Waals surface area contributed by atoms with Gasteiger partial charge in [-0.2, -0.15) is 5.26 Å². The van der Waals surface area contributed by atoms with E-state index in [-0.39, 0.29) is 28.5 Å². The van der Waals surface area contributed by atoms with Crippen molar-refractivity contribution in [2.24, 2.45) is 0 Å². The third-order valence-corrected chi connectivity index (χ3v) is 3.31. The summed E-state index contributed by atoms with van der Waals surface area (Å²) in [6, 6.07) is 6.03. The number of nitriles is 1. The Balaban J connectivity index is 2.54. The van der Waals surface area contributed by atoms with Gasteiger partial charge >= 0.3 is 0 Å². The van der Waals surface area contributed by atoms with Gasteiger partial charge in [-0.1, -0.05) is 17.7 Å². The van der Waals surface area contributed by atoms with E-state index in [1.54, 1.807) is 13.0 Å². The minimum atomic E-state index is -0.483. The fraction of sp³-hybridized carbons (Fsp3) is 0.333. The summed E-state index contributed by atoms with van der Waals surface area (Å²) >= 11 is 6.91. The van der Waals surface area contributed by atoms with Gasteiger partial charge in [-0.25, -0.2) is 4.39 Å². The molecule has 1 aromatic carbocycles. The summed E-state index contributed by atoms with van der Waals surface area (Å²) in [7, 11) is 0. The summed E-state index contributed by atoms with van der Waals surface area (Å²) < 4.78 is 13.0. The molecule has 1 rings (SSSR count). The zero-order chi connectivity index (χ0) is 13.5. The van der Waals surface area contributed by atoms with Crippen LogP contribution in [0.1, 0.15) is 18.5 Å². The van der Waals surface area contributed by atoms with E-state index in [1.807, 2.05) is 6.07 Å². The number of thioether (sulfide) groups is 1. The largest absolute Gasteiger partial charge is 0.349 e. The first kappa shape index (κ1) is 14.8. The molecule has 1 N–H and O–H groups in total. The Bertz CT molecular complexity index is 476. The highest BCUT2D eigenvalue weighted by Gasteiger charge is 2.11. The standard InChI is InChI=1S/C12H12ClFN2OS/c1-8(16-12(17)7-18-5-4-15)9-2-3-11(14)10(13)6-9/h2-3,6,8H,5,7H2,1H3,(H,16,17)/t8-/m1/s1. The van der Waals surface area contributed by atoms with Crippen molar-refractivity contribution < 1.29 is 9.18 Å². The smallest absolute Gasteiger partial charge is 0.230 e. The van der Waals surface area contributed by atoms with Gasteiger partial charge in [-0.05, 0) is 24.6 Å². The second-order valence-corrected chi connectivity index (χ2v) is 5.01. The van der Waals surface area contributed by atoms with Crippen molar-refractivity contribution in [2.75, 3.05) is 11.5 Å². The monoisotopic (exact) mass is 286 g/mol. The molecular weight excluding hydrogens is 275 g/mol. The Labute approximate surface area is 114 Å². The summed E-state index contributed by atoms with van der Waals surface area (Å²) in [5.41, 5.74) is 0.736. The molecule has 0 saturated carbocycles. The van der Waals surface area contributed by atoms with E-state index in [0.717, 1.165) is 5.56 Å². The maximum atomic E-state index is 13.0. The molecule has 0 unspecified atom stereocenters. The lowest BCUT2D eigenvalue weighted by Gasteiger charge is -2.14. The maximum Gasteiger partial charge on any atom is 0.230 e. The number of amides is 1. The molecule has 0 bridgehead atoms. The summed E-state index contributed by atoms with van der Waals surface area (Å²) in [6.45, 7) is 1.79. The fourth-order valence-electron chi connectivity index (χ4n) is 1.34. The highest BCUT2D eigenvalue weighted by molar-refractivity contribution is 8.00. The van der Waals surface area contributed by atoms with Gasteiger partial charge in [0.25, 0.3) is 0 Å². The molecule has 0 aliphatic carbocycles. The summed E-state index contributed by atoms with van der Waals surface area (Å²) in [6.07, 6.45) is 0. The Morgan fingerprint density at radius 3 is 3.00 bits per heavy atom. The molecule has 1 amide bonds. The zero-order valence-corrected chi connectivity index (χ0v) is 11.3. The van der Waals surface area contributed by atoms with Crippen LogP contribution in [0.15, 0.2) is 18.2 Å². The van der Waals surface area contributed by atoms with Crippen LogP contribution in [0.2, 0.25) is 5.02 Å². The summed E-state index contributed by atoms with van der Waals surface area (Å²) in [4.78, 5) is 11.5. The molecule has 0 radical (unpaired) electrons. The lowest BCUT2D eigenvalue weighted by Crippen LogP contribution is -2.28. The highest BCUT2D eigenvalue weighted by atomic mass is 35.5. The molecule has 96 valence electrons. The van der Waals surface area contributed by atoms with Crippen molar-refractivity contribution in [3.8, 4) is 6.07 Å². The topological polar surface area (TPSA) is 52.9 Å². The number of benzene rings is 1. The molecule has 1 atom stereocenters. The van der Waals surface area contributed by atoms with E-state index in [0.29, 0.717) is 0 Å². The van der Waals surface area contributed by atoms with Crippen molar-refractivity contribution in [1.82, 2.24) is 5.32 Å². The molecule has 0 saturated heterocycles. The number of halogens is 2. The number of nitrogens with one attached hydrogen (secondary N) is 1. The Morgan fingerprint density at radius 2 is 2.39 bits per heavy atom. The highest BCUT2D eigenvalue weighted by Crippen LogP contribution is 2.20. The van der Waals surface area contributed by atoms with Crippen LogP contribution < -0.4 is 5.32 Å². The molecule has 18 heavy (non-hydrogen) atoms. The van der Waals surface area contributed by atoms with Crippen molar-refractivity contribution in [3.63, 3.8) is 0 Å². The second kappa shape index (κ2) is 7.24. The third kappa shape index (κ3) is 4.55. The minimum Gasteiger partial charge on any atom is -0.349 e. The van der Waals surface area contributed by atoms with Gasteiger partial charge in [0, 0.05) is 0 Å². The normalized spacial score (nSPS) is 11.7. The molecule has 0 heterocycles. The molecule has 0 spiro atoms. The molecule has 0 aromatic heterocycles. The third-order valence-electron chi connectivity index (χ3n) is 2.22. The number of carbonyl (C=O) groups is 1. The van der Waals surface area contributed by atoms with Gasteiger partial charge in [0.05, 0.1) is 28.6 Å². The number of carbonyl (C=O) groups excluding carboxylic acids is 1. The van der Waals surface area contributed by atoms with E-state index >= 15 is 0 Å².